The summed E-state index contributed by atoms with van der Waals surface area (Å²) in [4.78, 5) is 40.2. The highest BCUT2D eigenvalue weighted by Gasteiger charge is 2.41. The van der Waals surface area contributed by atoms with Gasteiger partial charge in [-0.2, -0.15) is 0 Å². The van der Waals surface area contributed by atoms with Gasteiger partial charge in [0.1, 0.15) is 11.4 Å². The lowest BCUT2D eigenvalue weighted by Crippen LogP contribution is -2.44. The Balaban J connectivity index is 1.57. The van der Waals surface area contributed by atoms with Crippen LogP contribution in [0.5, 0.6) is 0 Å². The van der Waals surface area contributed by atoms with Crippen LogP contribution in [-0.4, -0.2) is 52.7 Å². The van der Waals surface area contributed by atoms with Crippen molar-refractivity contribution in [2.75, 3.05) is 13.7 Å². The third kappa shape index (κ3) is 6.86. The molecule has 3 atom stereocenters. The number of rotatable bonds is 9. The van der Waals surface area contributed by atoms with Crippen LogP contribution in [0.1, 0.15) is 70.0 Å². The Hall–Kier alpha value is -3.00. The number of ketones is 1. The number of nitrogens with zero attached hydrogens (tertiary/aromatic N) is 2. The molecule has 1 aliphatic heterocycles. The van der Waals surface area contributed by atoms with E-state index in [1.165, 1.54) is 29.9 Å². The molecule has 1 aromatic heterocycles. The number of amides is 1. The van der Waals surface area contributed by atoms with E-state index < -0.39 is 23.6 Å². The standard InChI is InChI=1S/C29H37FN2O5/c1-29(2,3)37-28(35)32-18-22(36-4)17-25(32)26(33)16-21-15-20(11-12-23(21)30)24(13-10-19-8-9-19)31-14-6-5-7-27(31)34/h5-7,11-12,14-15,19,22,24-25H,8-10,13,16-18H2,1-4H3/t22-,24?,25-/m1/s1. The van der Waals surface area contributed by atoms with E-state index in [1.54, 1.807) is 56.8 Å². The first-order chi connectivity index (χ1) is 17.6. The first-order valence-electron chi connectivity index (χ1n) is 13.1. The van der Waals surface area contributed by atoms with Crippen molar-refractivity contribution in [2.45, 2.75) is 83.1 Å². The molecule has 0 radical (unpaired) electrons. The molecule has 0 spiro atoms. The van der Waals surface area contributed by atoms with E-state index >= 15 is 0 Å². The highest BCUT2D eigenvalue weighted by Crippen LogP contribution is 2.37. The molecule has 0 N–H and O–H groups in total. The van der Waals surface area contributed by atoms with E-state index in [2.05, 4.69) is 0 Å². The molecule has 1 aromatic carbocycles. The molecule has 2 fully saturated rings. The second-order valence-corrected chi connectivity index (χ2v) is 11.2. The highest BCUT2D eigenvalue weighted by molar-refractivity contribution is 5.89. The summed E-state index contributed by atoms with van der Waals surface area (Å²) in [5, 5.41) is 0. The van der Waals surface area contributed by atoms with Gasteiger partial charge in [0.15, 0.2) is 5.78 Å². The Morgan fingerprint density at radius 3 is 2.57 bits per heavy atom. The SMILES string of the molecule is CO[C@@H]1C[C@H](C(=O)Cc2cc(C(CCC3CC3)n3ccccc3=O)ccc2F)N(C(=O)OC(C)(C)C)C1. The quantitative estimate of drug-likeness (QED) is 0.478. The van der Waals surface area contributed by atoms with Gasteiger partial charge in [0.25, 0.3) is 5.56 Å². The molecule has 1 unspecified atom stereocenters. The van der Waals surface area contributed by atoms with Gasteiger partial charge in [-0.25, -0.2) is 9.18 Å². The van der Waals surface area contributed by atoms with Gasteiger partial charge in [-0.05, 0) is 62.8 Å². The van der Waals surface area contributed by atoms with Gasteiger partial charge >= 0.3 is 6.09 Å². The van der Waals surface area contributed by atoms with Gasteiger partial charge in [0, 0.05) is 32.2 Å². The smallest absolute Gasteiger partial charge is 0.410 e. The summed E-state index contributed by atoms with van der Waals surface area (Å²) in [5.41, 5.74) is 0.229. The van der Waals surface area contributed by atoms with Crippen LogP contribution < -0.4 is 5.56 Å². The van der Waals surface area contributed by atoms with Crippen LogP contribution in [0.2, 0.25) is 0 Å². The largest absolute Gasteiger partial charge is 0.444 e. The number of methoxy groups -OCH3 is 1. The number of aromatic nitrogens is 1. The normalized spacial score (nSPS) is 20.6. The van der Waals surface area contributed by atoms with Crippen molar-refractivity contribution in [2.24, 2.45) is 5.92 Å². The summed E-state index contributed by atoms with van der Waals surface area (Å²) in [5.74, 6) is -0.0743. The monoisotopic (exact) mass is 512 g/mol. The lowest BCUT2D eigenvalue weighted by molar-refractivity contribution is -0.122. The number of carbonyl (C=O) groups is 2. The molecule has 2 heterocycles. The average molecular weight is 513 g/mol. The molecule has 1 aliphatic carbocycles. The maximum absolute atomic E-state index is 15.0. The molecule has 1 amide bonds. The van der Waals surface area contributed by atoms with Gasteiger partial charge in [-0.3, -0.25) is 14.5 Å². The first-order valence-corrected chi connectivity index (χ1v) is 13.1. The molecule has 1 saturated carbocycles. The van der Waals surface area contributed by atoms with Crippen molar-refractivity contribution in [3.63, 3.8) is 0 Å². The summed E-state index contributed by atoms with van der Waals surface area (Å²) in [6.45, 7) is 5.54. The first kappa shape index (κ1) is 27.0. The van der Waals surface area contributed by atoms with E-state index in [0.717, 1.165) is 18.4 Å². The third-order valence-corrected chi connectivity index (χ3v) is 7.15. The second kappa shape index (κ2) is 11.2. The maximum atomic E-state index is 15.0. The Labute approximate surface area is 217 Å². The molecule has 2 aliphatic rings. The molecular weight excluding hydrogens is 475 g/mol. The fourth-order valence-electron chi connectivity index (χ4n) is 5.00. The zero-order valence-corrected chi connectivity index (χ0v) is 22.1. The van der Waals surface area contributed by atoms with Gasteiger partial charge < -0.3 is 14.0 Å². The van der Waals surface area contributed by atoms with Gasteiger partial charge in [0.05, 0.1) is 24.7 Å². The molecule has 200 valence electrons. The highest BCUT2D eigenvalue weighted by atomic mass is 19.1. The molecule has 37 heavy (non-hydrogen) atoms. The predicted molar refractivity (Wildman–Crippen MR) is 138 cm³/mol. The summed E-state index contributed by atoms with van der Waals surface area (Å²) >= 11 is 0. The minimum Gasteiger partial charge on any atom is -0.444 e. The number of ether oxygens (including phenoxy) is 2. The van der Waals surface area contributed by atoms with Crippen molar-refractivity contribution in [1.29, 1.82) is 0 Å². The van der Waals surface area contributed by atoms with Crippen LogP contribution in [0, 0.1) is 11.7 Å². The number of Topliss-reactive ketones (excluding diaryl/α,β-unsaturated/α-hetero) is 1. The number of hydrogen-bond donors (Lipinski definition) is 0. The molecular formula is C29H37FN2O5. The number of halogens is 1. The molecule has 2 aromatic rings. The van der Waals surface area contributed by atoms with E-state index in [1.807, 2.05) is 6.07 Å². The van der Waals surface area contributed by atoms with Crippen molar-refractivity contribution in [3.05, 3.63) is 69.9 Å². The minimum atomic E-state index is -0.759. The van der Waals surface area contributed by atoms with Crippen LogP contribution in [0.3, 0.4) is 0 Å². The van der Waals surface area contributed by atoms with Crippen molar-refractivity contribution in [3.8, 4) is 0 Å². The Kier molecular flexibility index (Phi) is 8.17. The maximum Gasteiger partial charge on any atom is 0.410 e. The summed E-state index contributed by atoms with van der Waals surface area (Å²) in [7, 11) is 1.54. The van der Waals surface area contributed by atoms with Crippen molar-refractivity contribution >= 4 is 11.9 Å². The van der Waals surface area contributed by atoms with E-state index in [4.69, 9.17) is 9.47 Å². The van der Waals surface area contributed by atoms with Crippen LogP contribution in [0.25, 0.3) is 0 Å². The fraction of sp³-hybridized carbons (Fsp3) is 0.552. The predicted octanol–water partition coefficient (Wildman–Crippen LogP) is 4.90. The minimum absolute atomic E-state index is 0.116. The molecule has 7 nitrogen and oxygen atoms in total. The molecule has 8 heteroatoms. The third-order valence-electron chi connectivity index (χ3n) is 7.15. The topological polar surface area (TPSA) is 77.8 Å². The number of benzene rings is 1. The van der Waals surface area contributed by atoms with E-state index in [0.29, 0.717) is 12.3 Å². The zero-order valence-electron chi connectivity index (χ0n) is 22.1. The molecule has 0 bridgehead atoms. The summed E-state index contributed by atoms with van der Waals surface area (Å²) < 4.78 is 27.6. The van der Waals surface area contributed by atoms with Gasteiger partial charge in [-0.15, -0.1) is 0 Å². The summed E-state index contributed by atoms with van der Waals surface area (Å²) in [6.07, 6.45) is 5.21. The van der Waals surface area contributed by atoms with Crippen LogP contribution in [0.4, 0.5) is 9.18 Å². The Morgan fingerprint density at radius 1 is 1.16 bits per heavy atom. The number of pyridine rings is 1. The lowest BCUT2D eigenvalue weighted by atomic mass is 9.95. The van der Waals surface area contributed by atoms with Gasteiger partial charge in [0.2, 0.25) is 0 Å². The Morgan fingerprint density at radius 2 is 1.92 bits per heavy atom. The fourth-order valence-corrected chi connectivity index (χ4v) is 5.00. The Bertz CT molecular complexity index is 1180. The van der Waals surface area contributed by atoms with E-state index in [9.17, 15) is 18.8 Å². The summed E-state index contributed by atoms with van der Waals surface area (Å²) in [6, 6.07) is 8.81. The molecule has 4 rings (SSSR count). The van der Waals surface area contributed by atoms with E-state index in [-0.39, 0.29) is 42.0 Å². The van der Waals surface area contributed by atoms with Crippen molar-refractivity contribution < 1.29 is 23.5 Å². The molecule has 1 saturated heterocycles. The van der Waals surface area contributed by atoms with Crippen molar-refractivity contribution in [1.82, 2.24) is 9.47 Å². The van der Waals surface area contributed by atoms with Gasteiger partial charge in [-0.1, -0.05) is 31.0 Å². The number of carbonyl (C=O) groups excluding carboxylic acids is 2. The van der Waals surface area contributed by atoms with Crippen LogP contribution >= 0.6 is 0 Å². The zero-order chi connectivity index (χ0) is 26.7. The number of hydrogen-bond acceptors (Lipinski definition) is 5. The average Bonchev–Trinajstić information content (AvgIpc) is 3.56. The second-order valence-electron chi connectivity index (χ2n) is 11.2. The van der Waals surface area contributed by atoms with Crippen LogP contribution in [0.15, 0.2) is 47.4 Å². The lowest BCUT2D eigenvalue weighted by Gasteiger charge is -2.28. The van der Waals surface area contributed by atoms with Crippen LogP contribution in [-0.2, 0) is 20.7 Å². The number of likely N-dealkylation sites (tertiary alicyclic amines) is 1.